The zero-order valence-electron chi connectivity index (χ0n) is 40.5. The predicted molar refractivity (Wildman–Crippen MR) is 301 cm³/mol. The summed E-state index contributed by atoms with van der Waals surface area (Å²) < 4.78 is 0. The van der Waals surface area contributed by atoms with Crippen molar-refractivity contribution in [2.24, 2.45) is 0 Å². The fourth-order valence-electron chi connectivity index (χ4n) is 10.0. The van der Waals surface area contributed by atoms with Crippen molar-refractivity contribution in [1.82, 2.24) is 15.0 Å². The number of hydrogen-bond acceptors (Lipinski definition) is 3. The number of benzene rings is 9. The summed E-state index contributed by atoms with van der Waals surface area (Å²) in [5.74, 6) is 0. The SMILES string of the molecule is Cc1cc(-c2ccccn2)[c-]cc1-c1ccccc1-c1cc(-c2ccccc2-c2c[c-]c(-c3ccccn3)cc2-c2ccccc2)cc(-c2ccccc2-c2c[c-]c(-c3ccccn3)cc2-c2ccccc2)c1.[Ir+3]. The van der Waals surface area contributed by atoms with Gasteiger partial charge in [-0.2, -0.15) is 0 Å². The van der Waals surface area contributed by atoms with E-state index in [2.05, 4.69) is 218 Å². The van der Waals surface area contributed by atoms with Crippen molar-refractivity contribution in [2.45, 2.75) is 6.92 Å². The van der Waals surface area contributed by atoms with E-state index >= 15 is 0 Å². The van der Waals surface area contributed by atoms with Gasteiger partial charge in [-0.05, 0) is 98.0 Å². The first kappa shape index (κ1) is 47.4. The van der Waals surface area contributed by atoms with E-state index in [1.165, 1.54) is 0 Å². The van der Waals surface area contributed by atoms with Crippen LogP contribution >= 0.6 is 0 Å². The summed E-state index contributed by atoms with van der Waals surface area (Å²) in [4.78, 5) is 14.1. The number of nitrogens with zero attached hydrogens (tertiary/aromatic N) is 3. The number of hydrogen-bond donors (Lipinski definition) is 0. The van der Waals surface area contributed by atoms with E-state index in [1.807, 2.05) is 73.2 Å². The van der Waals surface area contributed by atoms with Crippen molar-refractivity contribution in [3.63, 3.8) is 0 Å². The molecule has 3 aromatic heterocycles. The van der Waals surface area contributed by atoms with E-state index in [9.17, 15) is 0 Å². The molecular weight excluding hydrogens is 1080 g/mol. The maximum absolute atomic E-state index is 4.71. The summed E-state index contributed by atoms with van der Waals surface area (Å²) in [7, 11) is 0. The van der Waals surface area contributed by atoms with Gasteiger partial charge in [-0.25, -0.2) is 0 Å². The number of pyridine rings is 3. The molecule has 0 aliphatic heterocycles. The molecule has 0 aliphatic rings. The zero-order chi connectivity index (χ0) is 48.9. The van der Waals surface area contributed by atoms with Crippen molar-refractivity contribution in [1.29, 1.82) is 0 Å². The topological polar surface area (TPSA) is 38.7 Å². The van der Waals surface area contributed by atoms with E-state index in [0.29, 0.717) is 0 Å². The fourth-order valence-corrected chi connectivity index (χ4v) is 10.0. The molecule has 3 heterocycles. The summed E-state index contributed by atoms with van der Waals surface area (Å²) in [5, 5.41) is 0. The monoisotopic (exact) mass is 1120 g/mol. The Hall–Kier alpha value is -8.92. The molecule has 0 spiro atoms. The molecule has 0 N–H and O–H groups in total. The zero-order valence-corrected chi connectivity index (χ0v) is 42.9. The van der Waals surface area contributed by atoms with E-state index < -0.39 is 0 Å². The van der Waals surface area contributed by atoms with Crippen molar-refractivity contribution < 1.29 is 20.1 Å². The van der Waals surface area contributed by atoms with Gasteiger partial charge < -0.3 is 15.0 Å². The van der Waals surface area contributed by atoms with Gasteiger partial charge in [-0.3, -0.25) is 0 Å². The molecule has 350 valence electrons. The van der Waals surface area contributed by atoms with Crippen molar-refractivity contribution in [2.75, 3.05) is 0 Å². The molecule has 0 fully saturated rings. The summed E-state index contributed by atoms with van der Waals surface area (Å²) in [6.45, 7) is 2.18. The van der Waals surface area contributed by atoms with E-state index in [0.717, 1.165) is 128 Å². The van der Waals surface area contributed by atoms with Crippen LogP contribution in [-0.2, 0) is 20.1 Å². The molecule has 12 rings (SSSR count). The van der Waals surface area contributed by atoms with Crippen LogP contribution in [0, 0.1) is 25.1 Å². The van der Waals surface area contributed by atoms with Crippen LogP contribution < -0.4 is 0 Å². The quantitative estimate of drug-likeness (QED) is 0.121. The van der Waals surface area contributed by atoms with Gasteiger partial charge in [0, 0.05) is 18.6 Å². The van der Waals surface area contributed by atoms with Crippen LogP contribution in [0.5, 0.6) is 0 Å². The molecule has 3 nitrogen and oxygen atoms in total. The molecule has 0 unspecified atom stereocenters. The Morgan fingerprint density at radius 2 is 0.568 bits per heavy atom. The molecule has 12 aromatic rings. The van der Waals surface area contributed by atoms with Crippen molar-refractivity contribution >= 4 is 0 Å². The van der Waals surface area contributed by atoms with Gasteiger partial charge in [0.25, 0.3) is 0 Å². The minimum atomic E-state index is 0. The number of aryl methyl sites for hydroxylation is 1. The van der Waals surface area contributed by atoms with Crippen LogP contribution in [0.4, 0.5) is 0 Å². The molecule has 0 amide bonds. The molecule has 74 heavy (non-hydrogen) atoms. The largest absolute Gasteiger partial charge is 3.00 e. The minimum Gasteiger partial charge on any atom is -0.305 e. The Balaban J connectivity index is 0.00000588. The Kier molecular flexibility index (Phi) is 13.7. The Morgan fingerprint density at radius 3 is 0.919 bits per heavy atom. The predicted octanol–water partition coefficient (Wildman–Crippen LogP) is 17.9. The minimum absolute atomic E-state index is 0. The van der Waals surface area contributed by atoms with Crippen LogP contribution in [-0.4, -0.2) is 15.0 Å². The second-order valence-electron chi connectivity index (χ2n) is 18.1. The van der Waals surface area contributed by atoms with Crippen LogP contribution in [0.2, 0.25) is 0 Å². The molecule has 0 aliphatic carbocycles. The first-order valence-corrected chi connectivity index (χ1v) is 24.6. The van der Waals surface area contributed by atoms with Gasteiger partial charge in [0.05, 0.1) is 0 Å². The first-order valence-electron chi connectivity index (χ1n) is 24.6. The Bertz CT molecular complexity index is 3710. The summed E-state index contributed by atoms with van der Waals surface area (Å²) >= 11 is 0. The second kappa shape index (κ2) is 21.4. The number of rotatable bonds is 11. The van der Waals surface area contributed by atoms with Gasteiger partial charge in [0.2, 0.25) is 0 Å². The molecule has 9 aromatic carbocycles. The number of aromatic nitrogens is 3. The standard InChI is InChI=1S/C70H46N3.Ir/c1-48-42-51(68-30-14-17-39-71-68)33-36-57(48)61-27-11-8-24-58(61)54-43-55(59-25-9-12-28-62(59)64-37-34-52(69-31-15-18-40-72-69)46-66(64)49-20-4-2-5-21-49)45-56(44-54)60-26-10-13-29-63(60)65-38-35-53(70-32-16-19-41-73-70)47-67(65)50-22-6-3-7-23-50;/h2-32,36-47H,1H3;/q-3;+3. The first-order chi connectivity index (χ1) is 36.1. The maximum atomic E-state index is 4.71. The van der Waals surface area contributed by atoms with Crippen molar-refractivity contribution in [3.05, 3.63) is 285 Å². The second-order valence-corrected chi connectivity index (χ2v) is 18.1. The average molecular weight is 1120 g/mol. The molecule has 4 heteroatoms. The van der Waals surface area contributed by atoms with Crippen LogP contribution in [0.15, 0.2) is 261 Å². The molecule has 0 atom stereocenters. The summed E-state index contributed by atoms with van der Waals surface area (Å²) in [5.41, 5.74) is 24.4. The maximum Gasteiger partial charge on any atom is 3.00 e. The Morgan fingerprint density at radius 1 is 0.257 bits per heavy atom. The third kappa shape index (κ3) is 9.61. The average Bonchev–Trinajstić information content (AvgIpc) is 3.48. The van der Waals surface area contributed by atoms with Crippen LogP contribution in [0.3, 0.4) is 0 Å². The molecule has 0 radical (unpaired) electrons. The van der Waals surface area contributed by atoms with Gasteiger partial charge in [0.1, 0.15) is 0 Å². The van der Waals surface area contributed by atoms with Crippen LogP contribution in [0.25, 0.3) is 123 Å². The normalized spacial score (nSPS) is 10.9. The smallest absolute Gasteiger partial charge is 0.305 e. The van der Waals surface area contributed by atoms with Gasteiger partial charge >= 0.3 is 20.1 Å². The van der Waals surface area contributed by atoms with E-state index in [-0.39, 0.29) is 20.1 Å². The third-order valence-electron chi connectivity index (χ3n) is 13.6. The van der Waals surface area contributed by atoms with Gasteiger partial charge in [-0.1, -0.05) is 221 Å². The summed E-state index contributed by atoms with van der Waals surface area (Å²) in [6, 6.07) is 96.7. The van der Waals surface area contributed by atoms with Gasteiger partial charge in [-0.15, -0.1) is 76.9 Å². The molecule has 0 bridgehead atoms. The Labute approximate surface area is 447 Å². The summed E-state index contributed by atoms with van der Waals surface area (Å²) in [6.07, 6.45) is 5.51. The third-order valence-corrected chi connectivity index (χ3v) is 13.6. The fraction of sp³-hybridized carbons (Fsp3) is 0.0143. The van der Waals surface area contributed by atoms with E-state index in [4.69, 9.17) is 9.97 Å². The molecule has 0 saturated heterocycles. The molecule has 0 saturated carbocycles. The molecular formula is C70H46IrN3. The van der Waals surface area contributed by atoms with Gasteiger partial charge in [0.15, 0.2) is 0 Å². The van der Waals surface area contributed by atoms with Crippen molar-refractivity contribution in [3.8, 4) is 123 Å². The van der Waals surface area contributed by atoms with Crippen LogP contribution in [0.1, 0.15) is 5.56 Å². The van der Waals surface area contributed by atoms with E-state index in [1.54, 1.807) is 0 Å².